The minimum atomic E-state index is 0.254. The van der Waals surface area contributed by atoms with E-state index in [4.69, 9.17) is 5.73 Å². The second kappa shape index (κ2) is 2.89. The number of rotatable bonds is 1. The Bertz CT molecular complexity index is 551. The third-order valence-electron chi connectivity index (χ3n) is 4.17. The number of aryl methyl sites for hydroxylation is 1. The fourth-order valence-corrected chi connectivity index (χ4v) is 2.89. The molecule has 3 rings (SSSR count). The van der Waals surface area contributed by atoms with E-state index < -0.39 is 0 Å². The molecule has 2 atom stereocenters. The van der Waals surface area contributed by atoms with Gasteiger partial charge in [0.05, 0.1) is 0 Å². The van der Waals surface area contributed by atoms with E-state index in [0.29, 0.717) is 12.0 Å². The lowest BCUT2D eigenvalue weighted by Gasteiger charge is -2.00. The largest absolute Gasteiger partial charge is 0.350 e. The molecule has 1 aromatic heterocycles. The summed E-state index contributed by atoms with van der Waals surface area (Å²) in [6.45, 7) is 4.51. The molecule has 1 aliphatic rings. The molecule has 0 saturated heterocycles. The summed E-state index contributed by atoms with van der Waals surface area (Å²) in [4.78, 5) is 0. The Labute approximate surface area is 96.1 Å². The zero-order valence-electron chi connectivity index (χ0n) is 10.1. The number of hydrogen-bond donors (Lipinski definition) is 1. The highest BCUT2D eigenvalue weighted by Crippen LogP contribution is 2.58. The number of hydrogen-bond acceptors (Lipinski definition) is 1. The Morgan fingerprint density at radius 3 is 2.50 bits per heavy atom. The third-order valence-corrected chi connectivity index (χ3v) is 4.17. The fourth-order valence-electron chi connectivity index (χ4n) is 2.89. The summed E-state index contributed by atoms with van der Waals surface area (Å²) in [5, 5.41) is 1.36. The Balaban J connectivity index is 2.19. The first-order chi connectivity index (χ1) is 7.53. The van der Waals surface area contributed by atoms with Gasteiger partial charge < -0.3 is 10.3 Å². The Morgan fingerprint density at radius 1 is 1.25 bits per heavy atom. The van der Waals surface area contributed by atoms with Crippen LogP contribution in [0.1, 0.15) is 25.3 Å². The van der Waals surface area contributed by atoms with Gasteiger partial charge in [-0.1, -0.05) is 32.0 Å². The molecular formula is C14H18N2. The van der Waals surface area contributed by atoms with E-state index in [1.54, 1.807) is 0 Å². The van der Waals surface area contributed by atoms with Crippen molar-refractivity contribution in [3.63, 3.8) is 0 Å². The molecule has 84 valence electrons. The van der Waals surface area contributed by atoms with Crippen molar-refractivity contribution in [1.82, 2.24) is 4.57 Å². The van der Waals surface area contributed by atoms with Crippen molar-refractivity contribution in [2.45, 2.75) is 25.8 Å². The van der Waals surface area contributed by atoms with Crippen molar-refractivity contribution in [3.05, 3.63) is 36.0 Å². The van der Waals surface area contributed by atoms with Gasteiger partial charge in [-0.15, -0.1) is 0 Å². The molecule has 0 aliphatic heterocycles. The Morgan fingerprint density at radius 2 is 1.88 bits per heavy atom. The molecule has 0 unspecified atom stereocenters. The summed E-state index contributed by atoms with van der Waals surface area (Å²) in [5.74, 6) is 0.513. The zero-order valence-corrected chi connectivity index (χ0v) is 10.1. The van der Waals surface area contributed by atoms with E-state index in [-0.39, 0.29) is 5.41 Å². The summed E-state index contributed by atoms with van der Waals surface area (Å²) in [6.07, 6.45) is 2.24. The molecule has 1 saturated carbocycles. The monoisotopic (exact) mass is 214 g/mol. The molecule has 1 fully saturated rings. The number of benzene rings is 1. The van der Waals surface area contributed by atoms with E-state index in [1.807, 2.05) is 0 Å². The van der Waals surface area contributed by atoms with Gasteiger partial charge in [0.25, 0.3) is 0 Å². The van der Waals surface area contributed by atoms with E-state index in [2.05, 4.69) is 55.9 Å². The maximum absolute atomic E-state index is 6.17. The van der Waals surface area contributed by atoms with Crippen molar-refractivity contribution in [2.75, 3.05) is 0 Å². The topological polar surface area (TPSA) is 30.9 Å². The van der Waals surface area contributed by atoms with Crippen molar-refractivity contribution in [3.8, 4) is 0 Å². The van der Waals surface area contributed by atoms with E-state index in [0.717, 1.165) is 0 Å². The SMILES string of the molecule is Cn1cc([C@@H]2[C@@H](N)C2(C)C)c2ccccc21. The number of aromatic nitrogens is 1. The van der Waals surface area contributed by atoms with Crippen molar-refractivity contribution in [2.24, 2.45) is 18.2 Å². The lowest BCUT2D eigenvalue weighted by Crippen LogP contribution is -2.06. The number of nitrogens with zero attached hydrogens (tertiary/aromatic N) is 1. The van der Waals surface area contributed by atoms with Gasteiger partial charge in [0.1, 0.15) is 0 Å². The van der Waals surface area contributed by atoms with Gasteiger partial charge in [-0.05, 0) is 17.0 Å². The smallest absolute Gasteiger partial charge is 0.0480 e. The summed E-state index contributed by atoms with van der Waals surface area (Å²) in [5.41, 5.74) is 9.13. The molecule has 1 aromatic carbocycles. The van der Waals surface area contributed by atoms with Crippen LogP contribution in [0.5, 0.6) is 0 Å². The molecule has 0 spiro atoms. The van der Waals surface area contributed by atoms with E-state index >= 15 is 0 Å². The summed E-state index contributed by atoms with van der Waals surface area (Å²) in [6, 6.07) is 8.86. The number of para-hydroxylation sites is 1. The lowest BCUT2D eigenvalue weighted by molar-refractivity contribution is 0.599. The number of nitrogens with two attached hydrogens (primary N) is 1. The molecule has 0 bridgehead atoms. The highest BCUT2D eigenvalue weighted by atomic mass is 14.9. The van der Waals surface area contributed by atoms with Crippen LogP contribution in [0.2, 0.25) is 0 Å². The summed E-state index contributed by atoms with van der Waals surface area (Å²) >= 11 is 0. The first-order valence-electron chi connectivity index (χ1n) is 5.83. The van der Waals surface area contributed by atoms with Crippen LogP contribution in [0.15, 0.2) is 30.5 Å². The molecule has 2 nitrogen and oxygen atoms in total. The van der Waals surface area contributed by atoms with Crippen LogP contribution < -0.4 is 5.73 Å². The zero-order chi connectivity index (χ0) is 11.5. The predicted octanol–water partition coefficient (Wildman–Crippen LogP) is 2.63. The molecule has 1 aliphatic carbocycles. The molecule has 2 heteroatoms. The van der Waals surface area contributed by atoms with Gasteiger partial charge in [0.2, 0.25) is 0 Å². The first-order valence-corrected chi connectivity index (χ1v) is 5.83. The maximum Gasteiger partial charge on any atom is 0.0480 e. The summed E-state index contributed by atoms with van der Waals surface area (Å²) < 4.78 is 2.20. The van der Waals surface area contributed by atoms with Crippen LogP contribution >= 0.6 is 0 Å². The maximum atomic E-state index is 6.17. The summed E-state index contributed by atoms with van der Waals surface area (Å²) in [7, 11) is 2.10. The highest BCUT2D eigenvalue weighted by Gasteiger charge is 2.56. The van der Waals surface area contributed by atoms with Gasteiger partial charge >= 0.3 is 0 Å². The second-order valence-electron chi connectivity index (χ2n) is 5.54. The molecule has 2 N–H and O–H groups in total. The van der Waals surface area contributed by atoms with Gasteiger partial charge in [-0.3, -0.25) is 0 Å². The van der Waals surface area contributed by atoms with Crippen molar-refractivity contribution >= 4 is 10.9 Å². The normalized spacial score (nSPS) is 27.2. The van der Waals surface area contributed by atoms with Crippen LogP contribution in [0.25, 0.3) is 10.9 Å². The van der Waals surface area contributed by atoms with Crippen molar-refractivity contribution in [1.29, 1.82) is 0 Å². The van der Waals surface area contributed by atoms with Crippen LogP contribution in [-0.4, -0.2) is 10.6 Å². The quantitative estimate of drug-likeness (QED) is 0.777. The Kier molecular flexibility index (Phi) is 1.79. The molecule has 1 heterocycles. The van der Waals surface area contributed by atoms with Gasteiger partial charge in [-0.2, -0.15) is 0 Å². The minimum Gasteiger partial charge on any atom is -0.350 e. The van der Waals surface area contributed by atoms with Crippen LogP contribution in [0, 0.1) is 5.41 Å². The molecule has 0 amide bonds. The first kappa shape index (κ1) is 9.91. The second-order valence-corrected chi connectivity index (χ2v) is 5.54. The van der Waals surface area contributed by atoms with Gasteiger partial charge in [-0.25, -0.2) is 0 Å². The Hall–Kier alpha value is -1.28. The van der Waals surface area contributed by atoms with Crippen LogP contribution in [-0.2, 0) is 7.05 Å². The molecular weight excluding hydrogens is 196 g/mol. The predicted molar refractivity (Wildman–Crippen MR) is 67.4 cm³/mol. The van der Waals surface area contributed by atoms with Crippen molar-refractivity contribution < 1.29 is 0 Å². The minimum absolute atomic E-state index is 0.254. The fraction of sp³-hybridized carbons (Fsp3) is 0.429. The lowest BCUT2D eigenvalue weighted by atomic mass is 10.0. The standard InChI is InChI=1S/C14H18N2/c1-14(2)12(13(14)15)10-8-16(3)11-7-5-4-6-9(10)11/h4-8,12-13H,15H2,1-3H3/t12-,13-/m1/s1. The van der Waals surface area contributed by atoms with Crippen LogP contribution in [0.3, 0.4) is 0 Å². The van der Waals surface area contributed by atoms with Gasteiger partial charge in [0, 0.05) is 36.1 Å². The molecule has 16 heavy (non-hydrogen) atoms. The van der Waals surface area contributed by atoms with Crippen LogP contribution in [0.4, 0.5) is 0 Å². The average molecular weight is 214 g/mol. The highest BCUT2D eigenvalue weighted by molar-refractivity contribution is 5.85. The average Bonchev–Trinajstić information content (AvgIpc) is 2.60. The van der Waals surface area contributed by atoms with Gasteiger partial charge in [0.15, 0.2) is 0 Å². The number of fused-ring (bicyclic) bond motifs is 1. The third kappa shape index (κ3) is 1.11. The van der Waals surface area contributed by atoms with E-state index in [1.165, 1.54) is 16.5 Å². The van der Waals surface area contributed by atoms with E-state index in [9.17, 15) is 0 Å². The molecule has 0 radical (unpaired) electrons. The molecule has 2 aromatic rings.